The number of para-hydroxylation sites is 1. The number of rotatable bonds is 6. The van der Waals surface area contributed by atoms with E-state index in [2.05, 4.69) is 6.07 Å². The summed E-state index contributed by atoms with van der Waals surface area (Å²) in [5.41, 5.74) is 4.45. The quantitative estimate of drug-likeness (QED) is 0.170. The number of nitrogens with zero attached hydrogens (tertiary/aromatic N) is 1. The van der Waals surface area contributed by atoms with E-state index in [-0.39, 0.29) is 59.1 Å². The summed E-state index contributed by atoms with van der Waals surface area (Å²) >= 11 is 0. The molecule has 2 atom stereocenters. The SMILES string of the molecule is [2H]C1=C([2H])C(N(c2ccccc2-c2ccc3oc4c5ccccc5ccc4c3c2)c2c([2H])c([2H])c(-c3cccc4ccccc34)c([2H])c2[2H])C([2H])C([2H])=C1c1cccc2ccccc12. The van der Waals surface area contributed by atoms with Gasteiger partial charge < -0.3 is 9.32 Å². The fourth-order valence-electron chi connectivity index (χ4n) is 8.13. The number of hydrogen-bond donors (Lipinski definition) is 0. The average molecular weight is 724 g/mol. The van der Waals surface area contributed by atoms with E-state index in [4.69, 9.17) is 4.42 Å². The van der Waals surface area contributed by atoms with Crippen molar-refractivity contribution in [3.8, 4) is 22.3 Å². The van der Waals surface area contributed by atoms with Crippen LogP contribution in [0.5, 0.6) is 0 Å². The van der Waals surface area contributed by atoms with Crippen LogP contribution in [-0.2, 0) is 0 Å². The Labute approximate surface area is 337 Å². The summed E-state index contributed by atoms with van der Waals surface area (Å²) in [4.78, 5) is 1.51. The lowest BCUT2D eigenvalue weighted by Crippen LogP contribution is -2.30. The van der Waals surface area contributed by atoms with Crippen molar-refractivity contribution in [3.63, 3.8) is 0 Å². The monoisotopic (exact) mass is 723 g/mol. The highest BCUT2D eigenvalue weighted by Gasteiger charge is 2.24. The van der Waals surface area contributed by atoms with Crippen molar-refractivity contribution in [2.24, 2.45) is 0 Å². The van der Waals surface area contributed by atoms with Gasteiger partial charge in [0.25, 0.3) is 0 Å². The molecule has 0 fully saturated rings. The molecule has 0 aliphatic heterocycles. The van der Waals surface area contributed by atoms with Crippen LogP contribution in [-0.4, -0.2) is 6.04 Å². The standard InChI is InChI=1S/C54H37NO/c1-4-16-44-36(11-1)14-9-20-46(44)39-23-29-42(30-24-39)55(43-31-25-40(26-32-43)47-21-10-15-37-12-2-5-17-45(37)47)52-22-8-7-18-48(52)41-28-34-53-51(35-41)50-33-27-38-13-3-6-19-49(38)54(50)56-53/h1-31,33-35,43H,32H2/i23D,24D,25D,26D,29D,30D,31D,32D. The third kappa shape index (κ3) is 5.41. The summed E-state index contributed by atoms with van der Waals surface area (Å²) in [6.45, 7) is 0. The summed E-state index contributed by atoms with van der Waals surface area (Å²) in [5, 5.41) is 7.17. The molecule has 2 unspecified atom stereocenters. The summed E-state index contributed by atoms with van der Waals surface area (Å²) in [7, 11) is 0. The smallest absolute Gasteiger partial charge is 0.143 e. The minimum absolute atomic E-state index is 0.127. The molecule has 9 aromatic carbocycles. The summed E-state index contributed by atoms with van der Waals surface area (Å²) in [5.74, 6) is 0. The molecular weight excluding hydrogens is 679 g/mol. The van der Waals surface area contributed by atoms with Crippen LogP contribution < -0.4 is 4.90 Å². The van der Waals surface area contributed by atoms with Gasteiger partial charge in [-0.15, -0.1) is 0 Å². The van der Waals surface area contributed by atoms with E-state index in [1.54, 1.807) is 24.3 Å². The zero-order chi connectivity index (χ0) is 44.0. The zero-order valence-corrected chi connectivity index (χ0v) is 30.1. The van der Waals surface area contributed by atoms with E-state index in [0.29, 0.717) is 28.0 Å². The molecular formula is C54H37NO. The number of allylic oxidation sites excluding steroid dienone is 2. The lowest BCUT2D eigenvalue weighted by atomic mass is 9.91. The first-order chi connectivity index (χ1) is 31.1. The maximum Gasteiger partial charge on any atom is 0.143 e. The van der Waals surface area contributed by atoms with Gasteiger partial charge in [-0.2, -0.15) is 0 Å². The van der Waals surface area contributed by atoms with Crippen molar-refractivity contribution in [3.05, 3.63) is 212 Å². The van der Waals surface area contributed by atoms with Gasteiger partial charge in [-0.25, -0.2) is 0 Å². The van der Waals surface area contributed by atoms with E-state index in [1.165, 1.54) is 4.90 Å². The highest BCUT2D eigenvalue weighted by atomic mass is 16.3. The summed E-state index contributed by atoms with van der Waals surface area (Å²) < 4.78 is 83.9. The molecule has 1 aliphatic rings. The van der Waals surface area contributed by atoms with Gasteiger partial charge in [0.2, 0.25) is 0 Å². The predicted octanol–water partition coefficient (Wildman–Crippen LogP) is 14.9. The molecule has 264 valence electrons. The van der Waals surface area contributed by atoms with Gasteiger partial charge in [0.05, 0.1) is 15.6 Å². The molecule has 0 N–H and O–H groups in total. The van der Waals surface area contributed by atoms with Crippen LogP contribution in [0.1, 0.15) is 22.9 Å². The molecule has 0 bridgehead atoms. The molecule has 1 heterocycles. The second kappa shape index (κ2) is 13.3. The van der Waals surface area contributed by atoms with Gasteiger partial charge in [0.15, 0.2) is 0 Å². The van der Waals surface area contributed by atoms with E-state index in [1.807, 2.05) is 133 Å². The van der Waals surface area contributed by atoms with E-state index in [0.717, 1.165) is 54.2 Å². The molecule has 0 spiro atoms. The van der Waals surface area contributed by atoms with Gasteiger partial charge in [-0.3, -0.25) is 0 Å². The summed E-state index contributed by atoms with van der Waals surface area (Å²) in [6.07, 6.45) is -1.49. The zero-order valence-electron chi connectivity index (χ0n) is 38.1. The fraction of sp³-hybridized carbons (Fsp3) is 0.0370. The first-order valence-corrected chi connectivity index (χ1v) is 18.7. The first kappa shape index (κ1) is 25.0. The van der Waals surface area contributed by atoms with Crippen molar-refractivity contribution in [1.82, 2.24) is 0 Å². The Morgan fingerprint density at radius 1 is 0.518 bits per heavy atom. The van der Waals surface area contributed by atoms with Crippen LogP contribution in [0.4, 0.5) is 11.4 Å². The predicted molar refractivity (Wildman–Crippen MR) is 238 cm³/mol. The molecule has 56 heavy (non-hydrogen) atoms. The van der Waals surface area contributed by atoms with Crippen LogP contribution in [0.3, 0.4) is 0 Å². The molecule has 2 heteroatoms. The number of benzene rings is 9. The number of anilines is 2. The number of furan rings is 1. The normalized spacial score (nSPS) is 18.1. The van der Waals surface area contributed by atoms with E-state index >= 15 is 0 Å². The van der Waals surface area contributed by atoms with E-state index in [9.17, 15) is 11.0 Å². The van der Waals surface area contributed by atoms with Crippen LogP contribution in [0.2, 0.25) is 0 Å². The molecule has 0 saturated carbocycles. The van der Waals surface area contributed by atoms with Crippen molar-refractivity contribution < 1.29 is 15.4 Å². The average Bonchev–Trinajstić information content (AvgIpc) is 3.71. The Morgan fingerprint density at radius 3 is 1.93 bits per heavy atom. The van der Waals surface area contributed by atoms with Gasteiger partial charge in [0, 0.05) is 34.5 Å². The Bertz CT molecular complexity index is 3610. The lowest BCUT2D eigenvalue weighted by molar-refractivity contribution is 0.672. The Balaban J connectivity index is 1.16. The van der Waals surface area contributed by atoms with Crippen LogP contribution in [0.25, 0.3) is 82.1 Å². The molecule has 2 nitrogen and oxygen atoms in total. The van der Waals surface area contributed by atoms with Gasteiger partial charge in [-0.1, -0.05) is 170 Å². The fourth-order valence-corrected chi connectivity index (χ4v) is 8.13. The highest BCUT2D eigenvalue weighted by Crippen LogP contribution is 2.43. The molecule has 1 aromatic heterocycles. The molecule has 11 rings (SSSR count). The Kier molecular flexibility index (Phi) is 5.94. The summed E-state index contributed by atoms with van der Waals surface area (Å²) in [6, 6.07) is 48.3. The molecule has 0 saturated heterocycles. The van der Waals surface area contributed by atoms with E-state index < -0.39 is 12.4 Å². The van der Waals surface area contributed by atoms with Gasteiger partial charge in [0.1, 0.15) is 11.2 Å². The van der Waals surface area contributed by atoms with Crippen LogP contribution in [0.15, 0.2) is 211 Å². The van der Waals surface area contributed by atoms with Gasteiger partial charge in [-0.05, 0) is 97.5 Å². The first-order valence-electron chi connectivity index (χ1n) is 22.8. The van der Waals surface area contributed by atoms with Crippen molar-refractivity contribution in [2.75, 3.05) is 4.90 Å². The third-order valence-electron chi connectivity index (χ3n) is 10.8. The maximum atomic E-state index is 9.85. The highest BCUT2D eigenvalue weighted by molar-refractivity contribution is 6.15. The second-order valence-corrected chi connectivity index (χ2v) is 14.0. The number of hydrogen-bond acceptors (Lipinski definition) is 2. The molecule has 1 aliphatic carbocycles. The Morgan fingerprint density at radius 2 is 1.14 bits per heavy atom. The largest absolute Gasteiger partial charge is 0.455 e. The van der Waals surface area contributed by atoms with Crippen LogP contribution in [0, 0.1) is 0 Å². The van der Waals surface area contributed by atoms with Gasteiger partial charge >= 0.3 is 0 Å². The van der Waals surface area contributed by atoms with Crippen molar-refractivity contribution >= 4 is 71.2 Å². The van der Waals surface area contributed by atoms with Crippen molar-refractivity contribution in [2.45, 2.75) is 12.4 Å². The topological polar surface area (TPSA) is 16.4 Å². The van der Waals surface area contributed by atoms with Crippen molar-refractivity contribution in [1.29, 1.82) is 0 Å². The molecule has 0 radical (unpaired) electrons. The minimum atomic E-state index is -1.49. The maximum absolute atomic E-state index is 9.85. The Hall–Kier alpha value is -7.16. The molecule has 0 amide bonds. The second-order valence-electron chi connectivity index (χ2n) is 14.0. The third-order valence-corrected chi connectivity index (χ3v) is 10.8. The molecule has 10 aromatic rings. The minimum Gasteiger partial charge on any atom is -0.455 e. The lowest BCUT2D eigenvalue weighted by Gasteiger charge is -2.35. The number of fused-ring (bicyclic) bond motifs is 7. The van der Waals surface area contributed by atoms with Crippen LogP contribution >= 0.6 is 0 Å².